The molecule has 15 heteroatoms. The van der Waals surface area contributed by atoms with E-state index in [1.54, 1.807) is 28.7 Å². The van der Waals surface area contributed by atoms with E-state index >= 15 is 0 Å². The number of Topliss-reactive ketones (excluding diaryl/α,β-unsaturated/α-hetero) is 1. The number of nitrogens with zero attached hydrogens (tertiary/aromatic N) is 7. The van der Waals surface area contributed by atoms with Crippen LogP contribution in [0.1, 0.15) is 132 Å². The van der Waals surface area contributed by atoms with E-state index in [1.807, 2.05) is 24.4 Å². The molecule has 3 amide bonds. The molecule has 5 aliphatic rings. The third-order valence-electron chi connectivity index (χ3n) is 14.7. The number of aryl methyl sites for hydroxylation is 1. The Labute approximate surface area is 377 Å². The largest absolute Gasteiger partial charge is 0.385 e. The Morgan fingerprint density at radius 2 is 1.69 bits per heavy atom. The second-order valence-electron chi connectivity index (χ2n) is 19.4. The summed E-state index contributed by atoms with van der Waals surface area (Å²) in [4.78, 5) is 84.2. The fraction of sp³-hybridized carbons (Fsp3) is 0.440. The highest BCUT2D eigenvalue weighted by molar-refractivity contribution is 6.05. The van der Waals surface area contributed by atoms with Gasteiger partial charge in [0.1, 0.15) is 17.5 Å². The Hall–Kier alpha value is -6.32. The van der Waals surface area contributed by atoms with Crippen molar-refractivity contribution in [1.82, 2.24) is 34.6 Å². The summed E-state index contributed by atoms with van der Waals surface area (Å²) in [7, 11) is 0. The normalized spacial score (nSPS) is 20.8. The molecule has 0 spiro atoms. The number of imide groups is 1. The van der Waals surface area contributed by atoms with Crippen molar-refractivity contribution in [2.24, 2.45) is 0 Å². The third kappa shape index (κ3) is 7.77. The van der Waals surface area contributed by atoms with Crippen molar-refractivity contribution in [2.75, 3.05) is 23.3 Å². The number of hydrogen-bond donors (Lipinski definition) is 3. The molecule has 1 saturated carbocycles. The molecule has 5 aromatic rings. The van der Waals surface area contributed by atoms with Gasteiger partial charge >= 0.3 is 0 Å². The molecule has 15 nitrogen and oxygen atoms in total. The molecule has 10 rings (SSSR count). The minimum absolute atomic E-state index is 0.00398. The minimum Gasteiger partial charge on any atom is -0.385 e. The van der Waals surface area contributed by atoms with Crippen molar-refractivity contribution >= 4 is 52.0 Å². The number of anilines is 3. The van der Waals surface area contributed by atoms with Crippen molar-refractivity contribution in [3.63, 3.8) is 0 Å². The predicted octanol–water partition coefficient (Wildman–Crippen LogP) is 6.14. The fourth-order valence-electron chi connectivity index (χ4n) is 11.0. The molecular weight excluding hydrogens is 823 g/mol. The Bertz CT molecular complexity index is 2840. The summed E-state index contributed by atoms with van der Waals surface area (Å²) in [6.07, 6.45) is 9.88. The summed E-state index contributed by atoms with van der Waals surface area (Å²) in [5.74, 6) is -0.288. The number of likely N-dealkylation sites (tertiary alicyclic amines) is 1. The van der Waals surface area contributed by atoms with Crippen molar-refractivity contribution < 1.29 is 24.3 Å². The molecule has 3 fully saturated rings. The van der Waals surface area contributed by atoms with Gasteiger partial charge in [-0.25, -0.2) is 9.97 Å². The number of aliphatic hydroxyl groups is 1. The number of nitrogens with one attached hydrogen (secondary N) is 2. The van der Waals surface area contributed by atoms with E-state index in [9.17, 15) is 29.1 Å². The summed E-state index contributed by atoms with van der Waals surface area (Å²) in [5, 5.41) is 18.2. The molecule has 1 atom stereocenters. The number of amides is 3. The van der Waals surface area contributed by atoms with Crippen molar-refractivity contribution in [1.29, 1.82) is 0 Å². The van der Waals surface area contributed by atoms with E-state index in [0.29, 0.717) is 53.2 Å². The first-order chi connectivity index (χ1) is 31.2. The van der Waals surface area contributed by atoms with Gasteiger partial charge in [-0.3, -0.25) is 38.8 Å². The van der Waals surface area contributed by atoms with Crippen LogP contribution in [0.5, 0.6) is 0 Å². The predicted molar refractivity (Wildman–Crippen MR) is 245 cm³/mol. The fourth-order valence-corrected chi connectivity index (χ4v) is 11.0. The molecule has 0 radical (unpaired) electrons. The molecule has 4 aliphatic heterocycles. The lowest BCUT2D eigenvalue weighted by atomic mass is 9.83. The van der Waals surface area contributed by atoms with Gasteiger partial charge in [0.15, 0.2) is 5.78 Å². The van der Waals surface area contributed by atoms with E-state index in [4.69, 9.17) is 9.97 Å². The summed E-state index contributed by atoms with van der Waals surface area (Å²) >= 11 is 0. The lowest BCUT2D eigenvalue weighted by Gasteiger charge is -2.45. The zero-order chi connectivity index (χ0) is 45.4. The number of ketones is 1. The van der Waals surface area contributed by atoms with E-state index in [-0.39, 0.29) is 53.3 Å². The number of carbonyl (C=O) groups excluding carboxylic acids is 4. The van der Waals surface area contributed by atoms with Crippen LogP contribution in [-0.2, 0) is 41.2 Å². The molecule has 2 saturated heterocycles. The van der Waals surface area contributed by atoms with Gasteiger partial charge in [0.2, 0.25) is 17.8 Å². The smallest absolute Gasteiger partial charge is 0.263 e. The molecule has 3 aromatic heterocycles. The average Bonchev–Trinajstić information content (AvgIpc) is 3.92. The maximum absolute atomic E-state index is 13.7. The molecule has 0 bridgehead atoms. The number of aromatic nitrogens is 4. The number of benzene rings is 2. The molecule has 7 heterocycles. The van der Waals surface area contributed by atoms with Gasteiger partial charge in [-0.1, -0.05) is 43.2 Å². The van der Waals surface area contributed by atoms with Gasteiger partial charge in [-0.15, -0.1) is 0 Å². The second kappa shape index (κ2) is 16.3. The highest BCUT2D eigenvalue weighted by atomic mass is 16.3. The highest BCUT2D eigenvalue weighted by Crippen LogP contribution is 2.39. The summed E-state index contributed by atoms with van der Waals surface area (Å²) < 4.78 is 1.72. The first-order valence-electron chi connectivity index (χ1n) is 22.9. The van der Waals surface area contributed by atoms with Crippen LogP contribution in [-0.4, -0.2) is 82.6 Å². The van der Waals surface area contributed by atoms with Crippen LogP contribution in [0, 0.1) is 6.92 Å². The maximum Gasteiger partial charge on any atom is 0.263 e. The molecule has 2 aromatic carbocycles. The van der Waals surface area contributed by atoms with Crippen molar-refractivity contribution in [3.05, 3.63) is 116 Å². The van der Waals surface area contributed by atoms with E-state index in [1.165, 1.54) is 23.6 Å². The second-order valence-corrected chi connectivity index (χ2v) is 19.4. The average molecular weight is 878 g/mol. The monoisotopic (exact) mass is 877 g/mol. The zero-order valence-corrected chi connectivity index (χ0v) is 37.4. The minimum atomic E-state index is -1.02. The molecule has 3 N–H and O–H groups in total. The SMILES string of the molecule is CC(=O)c1c(C)c2cnc(Nc3ccc(N4Cc5ccc(CN6CCC(O)(c7ccc8c(c7)CN(C7CCC(=O)NC7=O)C8=O)CC6)cc5CC4(C)C)cn3)nc2n(C2CCCC2)c1=O. The van der Waals surface area contributed by atoms with Gasteiger partial charge in [-0.2, -0.15) is 4.98 Å². The number of pyridine rings is 2. The number of rotatable bonds is 9. The van der Waals surface area contributed by atoms with Crippen molar-refractivity contribution in [3.8, 4) is 0 Å². The summed E-state index contributed by atoms with van der Waals surface area (Å²) in [6, 6.07) is 15.7. The molecule has 1 aliphatic carbocycles. The van der Waals surface area contributed by atoms with Crippen molar-refractivity contribution in [2.45, 2.75) is 128 Å². The standard InChI is InChI=1S/C50H55N9O6/c1-29-39-25-52-48(55-44(39)59(36-7-5-6-8-36)47(64)43(29)30(2)60)53-41-15-12-37(24-51-41)58-28-32-10-9-31(21-33(32)23-49(58,3)4)26-56-19-17-50(65,18-20-56)35-11-13-38-34(22-35)27-57(46(38)63)40-14-16-42(61)54-45(40)62/h9-13,15,21-22,24-25,36,40,65H,5-8,14,16-20,23,26-28H2,1-4H3,(H,54,61,62)(H,51,52,53,55). The summed E-state index contributed by atoms with van der Waals surface area (Å²) in [6.45, 7) is 11.0. The number of carbonyl (C=O) groups is 4. The van der Waals surface area contributed by atoms with E-state index < -0.39 is 17.6 Å². The first kappa shape index (κ1) is 42.6. The molecular formula is C50H55N9O6. The quantitative estimate of drug-likeness (QED) is 0.114. The van der Waals surface area contributed by atoms with Gasteiger partial charge in [-0.05, 0) is 118 Å². The summed E-state index contributed by atoms with van der Waals surface area (Å²) in [5.41, 5.74) is 6.86. The van der Waals surface area contributed by atoms with Crippen LogP contribution in [0.4, 0.5) is 17.5 Å². The zero-order valence-electron chi connectivity index (χ0n) is 37.4. The van der Waals surface area contributed by atoms with E-state index in [2.05, 4.69) is 63.5 Å². The van der Waals surface area contributed by atoms with Crippen LogP contribution in [0.15, 0.2) is 65.7 Å². The van der Waals surface area contributed by atoms with Crippen LogP contribution < -0.4 is 21.1 Å². The van der Waals surface area contributed by atoms with Crippen LogP contribution in [0.25, 0.3) is 11.0 Å². The number of hydrogen-bond acceptors (Lipinski definition) is 12. The number of fused-ring (bicyclic) bond motifs is 3. The Kier molecular flexibility index (Phi) is 10.7. The lowest BCUT2D eigenvalue weighted by molar-refractivity contribution is -0.136. The Morgan fingerprint density at radius 3 is 2.42 bits per heavy atom. The highest BCUT2D eigenvalue weighted by Gasteiger charge is 2.41. The van der Waals surface area contributed by atoms with Crippen LogP contribution in [0.3, 0.4) is 0 Å². The third-order valence-corrected chi connectivity index (χ3v) is 14.7. The topological polar surface area (TPSA) is 183 Å². The van der Waals surface area contributed by atoms with E-state index in [0.717, 1.165) is 75.1 Å². The Balaban J connectivity index is 0.781. The van der Waals surface area contributed by atoms with Crippen LogP contribution in [0.2, 0.25) is 0 Å². The lowest BCUT2D eigenvalue weighted by Crippen LogP contribution is -2.52. The van der Waals surface area contributed by atoms with Gasteiger partial charge in [0, 0.05) is 67.9 Å². The molecule has 65 heavy (non-hydrogen) atoms. The Morgan fingerprint density at radius 1 is 0.908 bits per heavy atom. The first-order valence-corrected chi connectivity index (χ1v) is 22.9. The number of piperidine rings is 2. The molecule has 336 valence electrons. The van der Waals surface area contributed by atoms with Gasteiger partial charge in [0.05, 0.1) is 23.0 Å². The van der Waals surface area contributed by atoms with Crippen LogP contribution >= 0.6 is 0 Å². The molecule has 1 unspecified atom stereocenters. The maximum atomic E-state index is 13.7. The van der Waals surface area contributed by atoms with Gasteiger partial charge in [0.25, 0.3) is 11.5 Å². The van der Waals surface area contributed by atoms with Gasteiger partial charge < -0.3 is 20.2 Å².